The fraction of sp³-hybridized carbons (Fsp3) is 0.571. The molecule has 0 aliphatic carbocycles. The van der Waals surface area contributed by atoms with Crippen molar-refractivity contribution in [3.63, 3.8) is 0 Å². The van der Waals surface area contributed by atoms with E-state index in [9.17, 15) is 8.78 Å². The second-order valence-corrected chi connectivity index (χ2v) is 6.57. The van der Waals surface area contributed by atoms with Gasteiger partial charge in [-0.3, -0.25) is 4.90 Å². The van der Waals surface area contributed by atoms with Crippen LogP contribution in [0.2, 0.25) is 0 Å². The van der Waals surface area contributed by atoms with Crippen LogP contribution in [-0.2, 0) is 6.54 Å². The Balaban J connectivity index is 2.10. The highest BCUT2D eigenvalue weighted by molar-refractivity contribution is 9.10. The molecule has 1 heterocycles. The molecule has 2 rings (SSSR count). The molecule has 1 fully saturated rings. The van der Waals surface area contributed by atoms with Crippen LogP contribution < -0.4 is 0 Å². The first-order valence-corrected chi connectivity index (χ1v) is 8.47. The summed E-state index contributed by atoms with van der Waals surface area (Å²) >= 11 is 6.55. The molecule has 106 valence electrons. The van der Waals surface area contributed by atoms with Crippen molar-refractivity contribution in [2.45, 2.75) is 38.3 Å². The number of hydrogen-bond acceptors (Lipinski definition) is 1. The van der Waals surface area contributed by atoms with Crippen LogP contribution in [0.5, 0.6) is 0 Å². The van der Waals surface area contributed by atoms with Crippen molar-refractivity contribution in [1.29, 1.82) is 0 Å². The summed E-state index contributed by atoms with van der Waals surface area (Å²) in [7, 11) is 0. The van der Waals surface area contributed by atoms with Crippen LogP contribution in [0.4, 0.5) is 8.78 Å². The third-order valence-electron chi connectivity index (χ3n) is 3.67. The Labute approximate surface area is 129 Å². The quantitative estimate of drug-likeness (QED) is 0.507. The highest BCUT2D eigenvalue weighted by Gasteiger charge is 2.26. The van der Waals surface area contributed by atoms with E-state index in [4.69, 9.17) is 0 Å². The summed E-state index contributed by atoms with van der Waals surface area (Å²) in [5.41, 5.74) is 0.181. The minimum Gasteiger partial charge on any atom is -0.296 e. The molecule has 0 amide bonds. The van der Waals surface area contributed by atoms with Crippen LogP contribution in [-0.4, -0.2) is 22.8 Å². The summed E-state index contributed by atoms with van der Waals surface area (Å²) in [4.78, 5) is 2.20. The zero-order chi connectivity index (χ0) is 13.8. The molecule has 1 unspecified atom stereocenters. The number of halogens is 4. The summed E-state index contributed by atoms with van der Waals surface area (Å²) in [6, 6.07) is 3.20. The molecule has 0 bridgehead atoms. The molecule has 1 aliphatic rings. The van der Waals surface area contributed by atoms with Crippen LogP contribution in [0, 0.1) is 11.6 Å². The van der Waals surface area contributed by atoms with E-state index in [2.05, 4.69) is 36.8 Å². The molecule has 1 atom stereocenters. The average Bonchev–Trinajstić information content (AvgIpc) is 2.84. The van der Waals surface area contributed by atoms with E-state index in [-0.39, 0.29) is 5.56 Å². The van der Waals surface area contributed by atoms with Gasteiger partial charge in [-0.25, -0.2) is 8.78 Å². The van der Waals surface area contributed by atoms with Crippen molar-refractivity contribution in [3.8, 4) is 0 Å². The Morgan fingerprint density at radius 1 is 1.32 bits per heavy atom. The van der Waals surface area contributed by atoms with E-state index in [0.29, 0.717) is 17.1 Å². The Kier molecular flexibility index (Phi) is 5.78. The standard InChI is InChI=1S/C14H17Br2F2N/c15-7-1-3-10-4-2-8-19(10)9-11-13(17)6-5-12(16)14(11)18/h5-6,10H,1-4,7-9H2. The van der Waals surface area contributed by atoms with E-state index < -0.39 is 11.6 Å². The van der Waals surface area contributed by atoms with Gasteiger partial charge in [0, 0.05) is 23.5 Å². The zero-order valence-corrected chi connectivity index (χ0v) is 13.8. The lowest BCUT2D eigenvalue weighted by molar-refractivity contribution is 0.227. The smallest absolute Gasteiger partial charge is 0.144 e. The molecule has 1 aromatic carbocycles. The van der Waals surface area contributed by atoms with Gasteiger partial charge in [-0.2, -0.15) is 0 Å². The van der Waals surface area contributed by atoms with Crippen LogP contribution >= 0.6 is 31.9 Å². The molecule has 1 nitrogen and oxygen atoms in total. The van der Waals surface area contributed by atoms with Crippen molar-refractivity contribution in [1.82, 2.24) is 4.90 Å². The topological polar surface area (TPSA) is 3.24 Å². The molecule has 5 heteroatoms. The van der Waals surface area contributed by atoms with Crippen molar-refractivity contribution in [2.24, 2.45) is 0 Å². The molecular weight excluding hydrogens is 380 g/mol. The Morgan fingerprint density at radius 2 is 2.11 bits per heavy atom. The Hall–Kier alpha value is -0.000000000000000111. The predicted octanol–water partition coefficient (Wildman–Crippen LogP) is 4.87. The van der Waals surface area contributed by atoms with Crippen molar-refractivity contribution in [3.05, 3.63) is 33.8 Å². The third-order valence-corrected chi connectivity index (χ3v) is 4.84. The van der Waals surface area contributed by atoms with E-state index >= 15 is 0 Å². The molecule has 0 N–H and O–H groups in total. The van der Waals surface area contributed by atoms with Gasteiger partial charge in [0.2, 0.25) is 0 Å². The molecule has 0 aromatic heterocycles. The molecular formula is C14H17Br2F2N. The van der Waals surface area contributed by atoms with Gasteiger partial charge in [0.1, 0.15) is 11.6 Å². The largest absolute Gasteiger partial charge is 0.296 e. The fourth-order valence-electron chi connectivity index (χ4n) is 2.66. The summed E-state index contributed by atoms with van der Waals surface area (Å²) in [6.07, 6.45) is 4.43. The van der Waals surface area contributed by atoms with E-state index in [1.165, 1.54) is 12.1 Å². The lowest BCUT2D eigenvalue weighted by Gasteiger charge is -2.24. The Bertz CT molecular complexity index is 440. The first-order chi connectivity index (χ1) is 9.13. The molecule has 19 heavy (non-hydrogen) atoms. The van der Waals surface area contributed by atoms with Crippen LogP contribution in [0.25, 0.3) is 0 Å². The van der Waals surface area contributed by atoms with Crippen molar-refractivity contribution in [2.75, 3.05) is 11.9 Å². The second-order valence-electron chi connectivity index (χ2n) is 4.92. The number of rotatable bonds is 5. The maximum atomic E-state index is 14.0. The van der Waals surface area contributed by atoms with E-state index in [0.717, 1.165) is 37.6 Å². The van der Waals surface area contributed by atoms with Gasteiger partial charge >= 0.3 is 0 Å². The number of benzene rings is 1. The molecule has 0 spiro atoms. The molecule has 0 radical (unpaired) electrons. The molecule has 0 saturated carbocycles. The SMILES string of the molecule is Fc1ccc(Br)c(F)c1CN1CCCC1CCCBr. The predicted molar refractivity (Wildman–Crippen MR) is 80.5 cm³/mol. The maximum Gasteiger partial charge on any atom is 0.144 e. The number of alkyl halides is 1. The van der Waals surface area contributed by atoms with Gasteiger partial charge in [-0.05, 0) is 60.3 Å². The minimum absolute atomic E-state index is 0.181. The highest BCUT2D eigenvalue weighted by Crippen LogP contribution is 2.28. The zero-order valence-electron chi connectivity index (χ0n) is 10.6. The van der Waals surface area contributed by atoms with Gasteiger partial charge in [-0.1, -0.05) is 15.9 Å². The molecule has 1 saturated heterocycles. The fourth-order valence-corrected chi connectivity index (χ4v) is 3.36. The van der Waals surface area contributed by atoms with Gasteiger partial charge in [0.25, 0.3) is 0 Å². The van der Waals surface area contributed by atoms with Crippen LogP contribution in [0.15, 0.2) is 16.6 Å². The van der Waals surface area contributed by atoms with Crippen LogP contribution in [0.3, 0.4) is 0 Å². The Morgan fingerprint density at radius 3 is 2.84 bits per heavy atom. The summed E-state index contributed by atoms with van der Waals surface area (Å²) < 4.78 is 28.1. The van der Waals surface area contributed by atoms with E-state index in [1.807, 2.05) is 0 Å². The van der Waals surface area contributed by atoms with Gasteiger partial charge < -0.3 is 0 Å². The van der Waals surface area contributed by atoms with Crippen LogP contribution in [0.1, 0.15) is 31.2 Å². The highest BCUT2D eigenvalue weighted by atomic mass is 79.9. The van der Waals surface area contributed by atoms with Gasteiger partial charge in [0.15, 0.2) is 0 Å². The first-order valence-electron chi connectivity index (χ1n) is 6.56. The normalized spacial score (nSPS) is 20.1. The van der Waals surface area contributed by atoms with E-state index in [1.54, 1.807) is 0 Å². The van der Waals surface area contributed by atoms with Gasteiger partial charge in [0.05, 0.1) is 4.47 Å². The lowest BCUT2D eigenvalue weighted by atomic mass is 10.1. The number of nitrogens with zero attached hydrogens (tertiary/aromatic N) is 1. The molecule has 1 aliphatic heterocycles. The number of hydrogen-bond donors (Lipinski definition) is 0. The van der Waals surface area contributed by atoms with Crippen molar-refractivity contribution < 1.29 is 8.78 Å². The monoisotopic (exact) mass is 395 g/mol. The van der Waals surface area contributed by atoms with Gasteiger partial charge in [-0.15, -0.1) is 0 Å². The maximum absolute atomic E-state index is 14.0. The summed E-state index contributed by atoms with van der Waals surface area (Å²) in [5.74, 6) is -0.919. The summed E-state index contributed by atoms with van der Waals surface area (Å²) in [5, 5.41) is 0.983. The first kappa shape index (κ1) is 15.4. The lowest BCUT2D eigenvalue weighted by Crippen LogP contribution is -2.29. The summed E-state index contributed by atoms with van der Waals surface area (Å²) in [6.45, 7) is 1.29. The molecule has 1 aromatic rings. The second kappa shape index (κ2) is 7.14. The number of likely N-dealkylation sites (tertiary alicyclic amines) is 1. The minimum atomic E-state index is -0.467. The average molecular weight is 397 g/mol. The van der Waals surface area contributed by atoms with Crippen molar-refractivity contribution >= 4 is 31.9 Å². The third kappa shape index (κ3) is 3.76.